The zero-order valence-electron chi connectivity index (χ0n) is 15.0. The number of halogens is 1. The second-order valence-electron chi connectivity index (χ2n) is 8.49. The van der Waals surface area contributed by atoms with Crippen LogP contribution in [0.25, 0.3) is 0 Å². The Kier molecular flexibility index (Phi) is 4.60. The summed E-state index contributed by atoms with van der Waals surface area (Å²) in [6.07, 6.45) is 6.82. The zero-order valence-corrected chi connectivity index (χ0v) is 18.2. The monoisotopic (exact) mass is 463 g/mol. The SMILES string of the molecule is O=C(Nc1nnc(SCc2ccccc2)s1)C12CC3CC(CC(Br)(C3)C1)C2. The van der Waals surface area contributed by atoms with Gasteiger partial charge in [0, 0.05) is 10.1 Å². The van der Waals surface area contributed by atoms with Crippen LogP contribution in [0.5, 0.6) is 0 Å². The van der Waals surface area contributed by atoms with Crippen molar-refractivity contribution in [1.29, 1.82) is 0 Å². The van der Waals surface area contributed by atoms with Gasteiger partial charge in [-0.1, -0.05) is 69.4 Å². The summed E-state index contributed by atoms with van der Waals surface area (Å²) in [6, 6.07) is 10.3. The normalized spacial score (nSPS) is 34.0. The summed E-state index contributed by atoms with van der Waals surface area (Å²) in [6.45, 7) is 0. The summed E-state index contributed by atoms with van der Waals surface area (Å²) >= 11 is 7.13. The Hall–Kier alpha value is -0.920. The van der Waals surface area contributed by atoms with Gasteiger partial charge in [-0.15, -0.1) is 10.2 Å². The Balaban J connectivity index is 1.25. The molecule has 1 aromatic carbocycles. The highest BCUT2D eigenvalue weighted by molar-refractivity contribution is 9.10. The van der Waals surface area contributed by atoms with Crippen LogP contribution >= 0.6 is 39.0 Å². The van der Waals surface area contributed by atoms with Gasteiger partial charge in [0.25, 0.3) is 0 Å². The largest absolute Gasteiger partial charge is 0.300 e. The molecule has 1 amide bonds. The second kappa shape index (κ2) is 6.85. The molecule has 0 spiro atoms. The fourth-order valence-corrected chi connectivity index (χ4v) is 8.84. The van der Waals surface area contributed by atoms with Gasteiger partial charge in [-0.25, -0.2) is 0 Å². The van der Waals surface area contributed by atoms with Crippen LogP contribution in [-0.2, 0) is 10.5 Å². The molecule has 4 aliphatic rings. The van der Waals surface area contributed by atoms with Crippen molar-refractivity contribution >= 4 is 50.1 Å². The third kappa shape index (κ3) is 3.58. The molecule has 0 aliphatic heterocycles. The van der Waals surface area contributed by atoms with Gasteiger partial charge in [-0.3, -0.25) is 4.79 Å². The molecule has 4 saturated carbocycles. The molecular formula is C20H22BrN3OS2. The van der Waals surface area contributed by atoms with Gasteiger partial charge in [0.2, 0.25) is 11.0 Å². The van der Waals surface area contributed by atoms with E-state index in [0.29, 0.717) is 17.0 Å². The molecule has 1 heterocycles. The summed E-state index contributed by atoms with van der Waals surface area (Å²) in [4.78, 5) is 13.2. The van der Waals surface area contributed by atoms with E-state index in [9.17, 15) is 4.79 Å². The number of carbonyl (C=O) groups is 1. The lowest BCUT2D eigenvalue weighted by Gasteiger charge is -2.59. The molecule has 2 atom stereocenters. The minimum absolute atomic E-state index is 0.163. The number of benzene rings is 1. The van der Waals surface area contributed by atoms with Crippen molar-refractivity contribution in [3.05, 3.63) is 35.9 Å². The van der Waals surface area contributed by atoms with E-state index in [0.717, 1.165) is 29.4 Å². The van der Waals surface area contributed by atoms with Crippen molar-refractivity contribution < 1.29 is 4.79 Å². The molecule has 0 radical (unpaired) electrons. The van der Waals surface area contributed by atoms with Crippen molar-refractivity contribution in [2.75, 3.05) is 5.32 Å². The van der Waals surface area contributed by atoms with Gasteiger partial charge in [0.1, 0.15) is 0 Å². The van der Waals surface area contributed by atoms with Gasteiger partial charge >= 0.3 is 0 Å². The molecule has 7 heteroatoms. The van der Waals surface area contributed by atoms with E-state index < -0.39 is 0 Å². The van der Waals surface area contributed by atoms with E-state index in [1.165, 1.54) is 36.2 Å². The first-order valence-corrected chi connectivity index (χ1v) is 12.1. The summed E-state index contributed by atoms with van der Waals surface area (Å²) in [5, 5.41) is 12.2. The number of alkyl halides is 1. The summed E-state index contributed by atoms with van der Waals surface area (Å²) in [7, 11) is 0. The molecule has 4 nitrogen and oxygen atoms in total. The highest BCUT2D eigenvalue weighted by atomic mass is 79.9. The average molecular weight is 464 g/mol. The first kappa shape index (κ1) is 18.1. The molecule has 4 bridgehead atoms. The van der Waals surface area contributed by atoms with Gasteiger partial charge in [-0.2, -0.15) is 0 Å². The lowest BCUT2D eigenvalue weighted by atomic mass is 9.49. The number of aromatic nitrogens is 2. The van der Waals surface area contributed by atoms with Crippen molar-refractivity contribution in [3.63, 3.8) is 0 Å². The smallest absolute Gasteiger partial charge is 0.232 e. The van der Waals surface area contributed by atoms with Crippen LogP contribution in [0.2, 0.25) is 0 Å². The fourth-order valence-electron chi connectivity index (χ4n) is 5.68. The lowest BCUT2D eigenvalue weighted by molar-refractivity contribution is -0.138. The van der Waals surface area contributed by atoms with E-state index in [2.05, 4.69) is 43.6 Å². The molecule has 4 fully saturated rings. The number of hydrogen-bond acceptors (Lipinski definition) is 5. The van der Waals surface area contributed by atoms with Crippen LogP contribution in [0.3, 0.4) is 0 Å². The molecular weight excluding hydrogens is 442 g/mol. The molecule has 2 aromatic rings. The number of rotatable bonds is 5. The van der Waals surface area contributed by atoms with Crippen molar-refractivity contribution in [1.82, 2.24) is 10.2 Å². The van der Waals surface area contributed by atoms with Gasteiger partial charge in [0.15, 0.2) is 4.34 Å². The lowest BCUT2D eigenvalue weighted by Crippen LogP contribution is -2.57. The standard InChI is InChI=1S/C20H22BrN3OS2/c21-20-9-14-6-15(10-20)8-19(7-14,12-20)16(25)22-17-23-24-18(27-17)26-11-13-4-2-1-3-5-13/h1-5,14-15H,6-12H2,(H,22,23,25). The third-order valence-electron chi connectivity index (χ3n) is 6.30. The first-order chi connectivity index (χ1) is 13.0. The maximum absolute atomic E-state index is 13.2. The summed E-state index contributed by atoms with van der Waals surface area (Å²) < 4.78 is 1.09. The number of hydrogen-bond donors (Lipinski definition) is 1. The maximum atomic E-state index is 13.2. The van der Waals surface area contributed by atoms with E-state index in [1.54, 1.807) is 11.8 Å². The fraction of sp³-hybridized carbons (Fsp3) is 0.550. The van der Waals surface area contributed by atoms with E-state index >= 15 is 0 Å². The summed E-state index contributed by atoms with van der Waals surface area (Å²) in [5.41, 5.74) is 1.05. The molecule has 1 N–H and O–H groups in total. The Morgan fingerprint density at radius 2 is 1.93 bits per heavy atom. The Labute approximate surface area is 176 Å². The number of nitrogens with zero attached hydrogens (tertiary/aromatic N) is 2. The van der Waals surface area contributed by atoms with E-state index in [-0.39, 0.29) is 15.6 Å². The van der Waals surface area contributed by atoms with Crippen LogP contribution in [0.4, 0.5) is 5.13 Å². The number of thioether (sulfide) groups is 1. The predicted octanol–water partition coefficient (Wildman–Crippen LogP) is 5.50. The molecule has 0 saturated heterocycles. The third-order valence-corrected chi connectivity index (χ3v) is 9.27. The number of carbonyl (C=O) groups excluding carboxylic acids is 1. The van der Waals surface area contributed by atoms with Crippen LogP contribution in [0.1, 0.15) is 44.1 Å². The second-order valence-corrected chi connectivity index (χ2v) is 12.4. The Bertz CT molecular complexity index is 842. The minimum Gasteiger partial charge on any atom is -0.300 e. The van der Waals surface area contributed by atoms with Crippen LogP contribution in [-0.4, -0.2) is 20.4 Å². The van der Waals surface area contributed by atoms with Crippen LogP contribution < -0.4 is 5.32 Å². The molecule has 27 heavy (non-hydrogen) atoms. The predicted molar refractivity (Wildman–Crippen MR) is 113 cm³/mol. The molecule has 4 aliphatic carbocycles. The van der Waals surface area contributed by atoms with Crippen LogP contribution in [0, 0.1) is 17.3 Å². The topological polar surface area (TPSA) is 54.9 Å². The maximum Gasteiger partial charge on any atom is 0.232 e. The van der Waals surface area contributed by atoms with Crippen molar-refractivity contribution in [2.45, 2.75) is 52.9 Å². The Morgan fingerprint density at radius 1 is 1.19 bits per heavy atom. The Morgan fingerprint density at radius 3 is 2.63 bits per heavy atom. The molecule has 2 unspecified atom stereocenters. The van der Waals surface area contributed by atoms with Gasteiger partial charge in [-0.05, 0) is 55.9 Å². The summed E-state index contributed by atoms with van der Waals surface area (Å²) in [5.74, 6) is 2.42. The number of nitrogens with one attached hydrogen (secondary N) is 1. The van der Waals surface area contributed by atoms with Gasteiger partial charge < -0.3 is 5.32 Å². The highest BCUT2D eigenvalue weighted by Crippen LogP contribution is 2.64. The number of anilines is 1. The van der Waals surface area contributed by atoms with E-state index in [4.69, 9.17) is 0 Å². The van der Waals surface area contributed by atoms with Crippen molar-refractivity contribution in [2.24, 2.45) is 17.3 Å². The van der Waals surface area contributed by atoms with E-state index in [1.807, 2.05) is 18.2 Å². The molecule has 1 aromatic heterocycles. The van der Waals surface area contributed by atoms with Crippen LogP contribution in [0.15, 0.2) is 34.7 Å². The average Bonchev–Trinajstić information content (AvgIpc) is 3.06. The number of amides is 1. The quantitative estimate of drug-likeness (QED) is 0.361. The zero-order chi connectivity index (χ0) is 18.5. The molecule has 6 rings (SSSR count). The van der Waals surface area contributed by atoms with Gasteiger partial charge in [0.05, 0.1) is 5.41 Å². The molecule has 142 valence electrons. The minimum atomic E-state index is -0.212. The highest BCUT2D eigenvalue weighted by Gasteiger charge is 2.59. The van der Waals surface area contributed by atoms with Crippen molar-refractivity contribution in [3.8, 4) is 0 Å². The first-order valence-electron chi connectivity index (χ1n) is 9.53.